The zero-order chi connectivity index (χ0) is 16.4. The van der Waals surface area contributed by atoms with E-state index in [4.69, 9.17) is 20.3 Å². The third-order valence-electron chi connectivity index (χ3n) is 2.97. The molecule has 0 saturated carbocycles. The van der Waals surface area contributed by atoms with Crippen LogP contribution in [0.1, 0.15) is 18.9 Å². The molecule has 4 N–H and O–H groups in total. The Morgan fingerprint density at radius 3 is 2.64 bits per heavy atom. The lowest BCUT2D eigenvalue weighted by Crippen LogP contribution is -2.41. The fraction of sp³-hybridized carbons (Fsp3) is 0.467. The highest BCUT2D eigenvalue weighted by atomic mass is 16.5. The first-order valence-corrected chi connectivity index (χ1v) is 7.05. The molecule has 0 spiro atoms. The van der Waals surface area contributed by atoms with E-state index in [-0.39, 0.29) is 6.61 Å². The minimum atomic E-state index is -1.10. The highest BCUT2D eigenvalue weighted by Crippen LogP contribution is 2.00. The lowest BCUT2D eigenvalue weighted by Gasteiger charge is -2.16. The van der Waals surface area contributed by atoms with Crippen LogP contribution in [-0.2, 0) is 20.9 Å². The molecule has 0 heterocycles. The number of benzene rings is 1. The van der Waals surface area contributed by atoms with Crippen molar-refractivity contribution in [2.45, 2.75) is 32.1 Å². The van der Waals surface area contributed by atoms with E-state index in [9.17, 15) is 9.59 Å². The molecule has 0 radical (unpaired) electrons. The Labute approximate surface area is 129 Å². The van der Waals surface area contributed by atoms with Crippen LogP contribution in [0.5, 0.6) is 0 Å². The van der Waals surface area contributed by atoms with Crippen molar-refractivity contribution in [1.82, 2.24) is 5.32 Å². The Bertz CT molecular complexity index is 466. The standard InChI is InChI=1S/C15H22N2O5/c1-11(13(16)14(18)19)21-9-5-8-17-15(20)22-10-12-6-3-2-4-7-12/h2-4,6-7,11,13H,5,8-10,16H2,1H3,(H,17,20)(H,18,19). The second kappa shape index (κ2) is 9.75. The lowest BCUT2D eigenvalue weighted by molar-refractivity contribution is -0.142. The third kappa shape index (κ3) is 7.05. The Kier molecular flexibility index (Phi) is 7.95. The van der Waals surface area contributed by atoms with Crippen molar-refractivity contribution < 1.29 is 24.2 Å². The van der Waals surface area contributed by atoms with E-state index >= 15 is 0 Å². The molecule has 1 aromatic carbocycles. The molecule has 7 heteroatoms. The van der Waals surface area contributed by atoms with Gasteiger partial charge in [-0.15, -0.1) is 0 Å². The summed E-state index contributed by atoms with van der Waals surface area (Å²) < 4.78 is 10.3. The van der Waals surface area contributed by atoms with E-state index in [1.54, 1.807) is 6.92 Å². The predicted octanol–water partition coefficient (Wildman–Crippen LogP) is 1.12. The van der Waals surface area contributed by atoms with Gasteiger partial charge in [-0.25, -0.2) is 4.79 Å². The first-order chi connectivity index (χ1) is 10.5. The molecule has 0 aliphatic heterocycles. The van der Waals surface area contributed by atoms with E-state index in [2.05, 4.69) is 5.32 Å². The molecule has 1 amide bonds. The minimum Gasteiger partial charge on any atom is -0.480 e. The molecule has 0 aromatic heterocycles. The van der Waals surface area contributed by atoms with Gasteiger partial charge in [0.2, 0.25) is 0 Å². The topological polar surface area (TPSA) is 111 Å². The molecule has 0 saturated heterocycles. The van der Waals surface area contributed by atoms with Gasteiger partial charge in [0.25, 0.3) is 0 Å². The summed E-state index contributed by atoms with van der Waals surface area (Å²) in [4.78, 5) is 22.1. The maximum Gasteiger partial charge on any atom is 0.407 e. The van der Waals surface area contributed by atoms with Crippen LogP contribution in [0.3, 0.4) is 0 Å². The Hall–Kier alpha value is -2.12. The Morgan fingerprint density at radius 1 is 1.32 bits per heavy atom. The molecule has 22 heavy (non-hydrogen) atoms. The van der Waals surface area contributed by atoms with Crippen molar-refractivity contribution in [2.75, 3.05) is 13.2 Å². The first-order valence-electron chi connectivity index (χ1n) is 7.05. The lowest BCUT2D eigenvalue weighted by atomic mass is 10.2. The van der Waals surface area contributed by atoms with Crippen molar-refractivity contribution in [2.24, 2.45) is 5.73 Å². The first kappa shape index (κ1) is 17.9. The van der Waals surface area contributed by atoms with E-state index in [1.165, 1.54) is 0 Å². The molecule has 0 aliphatic rings. The highest BCUT2D eigenvalue weighted by molar-refractivity contribution is 5.73. The number of rotatable bonds is 9. The Morgan fingerprint density at radius 2 is 2.00 bits per heavy atom. The van der Waals surface area contributed by atoms with Crippen molar-refractivity contribution in [3.05, 3.63) is 35.9 Å². The summed E-state index contributed by atoms with van der Waals surface area (Å²) in [6, 6.07) is 8.32. The number of aliphatic carboxylic acids is 1. The smallest absolute Gasteiger partial charge is 0.407 e. The van der Waals surface area contributed by atoms with Crippen LogP contribution in [0.25, 0.3) is 0 Å². The number of carboxylic acids is 1. The fourth-order valence-electron chi connectivity index (χ4n) is 1.61. The second-order valence-corrected chi connectivity index (χ2v) is 4.78. The van der Waals surface area contributed by atoms with Crippen LogP contribution in [0, 0.1) is 0 Å². The number of hydrogen-bond acceptors (Lipinski definition) is 5. The molecule has 1 rings (SSSR count). The Balaban J connectivity index is 2.07. The van der Waals surface area contributed by atoms with Crippen LogP contribution in [-0.4, -0.2) is 42.5 Å². The maximum atomic E-state index is 11.4. The number of carbonyl (C=O) groups excluding carboxylic acids is 1. The number of carbonyl (C=O) groups is 2. The van der Waals surface area contributed by atoms with E-state index < -0.39 is 24.2 Å². The number of ether oxygens (including phenoxy) is 2. The molecule has 0 bridgehead atoms. The van der Waals surface area contributed by atoms with Gasteiger partial charge in [-0.3, -0.25) is 4.79 Å². The molecular formula is C15H22N2O5. The normalized spacial score (nSPS) is 13.2. The number of amides is 1. The summed E-state index contributed by atoms with van der Waals surface area (Å²) in [6.45, 7) is 2.50. The van der Waals surface area contributed by atoms with Crippen molar-refractivity contribution >= 4 is 12.1 Å². The summed E-state index contributed by atoms with van der Waals surface area (Å²) in [5.41, 5.74) is 6.32. The van der Waals surface area contributed by atoms with E-state index in [0.717, 1.165) is 5.56 Å². The highest BCUT2D eigenvalue weighted by Gasteiger charge is 2.20. The zero-order valence-corrected chi connectivity index (χ0v) is 12.5. The summed E-state index contributed by atoms with van der Waals surface area (Å²) in [5.74, 6) is -1.10. The van der Waals surface area contributed by atoms with Gasteiger partial charge in [0.05, 0.1) is 6.10 Å². The number of alkyl carbamates (subject to hydrolysis) is 1. The SMILES string of the molecule is CC(OCCCNC(=O)OCc1ccccc1)C(N)C(=O)O. The van der Waals surface area contributed by atoms with Gasteiger partial charge < -0.3 is 25.6 Å². The van der Waals surface area contributed by atoms with E-state index in [0.29, 0.717) is 19.6 Å². The van der Waals surface area contributed by atoms with Crippen molar-refractivity contribution in [3.8, 4) is 0 Å². The van der Waals surface area contributed by atoms with Crippen LogP contribution < -0.4 is 11.1 Å². The summed E-state index contributed by atoms with van der Waals surface area (Å²) in [5, 5.41) is 11.3. The number of nitrogens with two attached hydrogens (primary N) is 1. The van der Waals surface area contributed by atoms with Gasteiger partial charge in [-0.2, -0.15) is 0 Å². The maximum absolute atomic E-state index is 11.4. The molecule has 1 aromatic rings. The van der Waals surface area contributed by atoms with Crippen molar-refractivity contribution in [3.63, 3.8) is 0 Å². The van der Waals surface area contributed by atoms with Gasteiger partial charge in [-0.05, 0) is 18.9 Å². The van der Waals surface area contributed by atoms with Crippen LogP contribution in [0.4, 0.5) is 4.79 Å². The fourth-order valence-corrected chi connectivity index (χ4v) is 1.61. The largest absolute Gasteiger partial charge is 0.480 e. The second-order valence-electron chi connectivity index (χ2n) is 4.78. The number of nitrogens with one attached hydrogen (secondary N) is 1. The third-order valence-corrected chi connectivity index (χ3v) is 2.97. The van der Waals surface area contributed by atoms with E-state index in [1.807, 2.05) is 30.3 Å². The molecular weight excluding hydrogens is 288 g/mol. The number of carboxylic acid groups (broad SMARTS) is 1. The summed E-state index contributed by atoms with van der Waals surface area (Å²) in [7, 11) is 0. The zero-order valence-electron chi connectivity index (χ0n) is 12.5. The molecule has 122 valence electrons. The monoisotopic (exact) mass is 310 g/mol. The average molecular weight is 310 g/mol. The van der Waals surface area contributed by atoms with Gasteiger partial charge in [0, 0.05) is 13.2 Å². The van der Waals surface area contributed by atoms with Crippen molar-refractivity contribution in [1.29, 1.82) is 0 Å². The molecule has 2 atom stereocenters. The number of hydrogen-bond donors (Lipinski definition) is 3. The average Bonchev–Trinajstić information content (AvgIpc) is 2.52. The van der Waals surface area contributed by atoms with Crippen LogP contribution in [0.15, 0.2) is 30.3 Å². The molecule has 2 unspecified atom stereocenters. The predicted molar refractivity (Wildman–Crippen MR) is 80.3 cm³/mol. The van der Waals surface area contributed by atoms with Gasteiger partial charge in [0.15, 0.2) is 0 Å². The molecule has 0 aliphatic carbocycles. The summed E-state index contributed by atoms with van der Waals surface area (Å²) >= 11 is 0. The van der Waals surface area contributed by atoms with Gasteiger partial charge >= 0.3 is 12.1 Å². The quantitative estimate of drug-likeness (QED) is 0.589. The molecule has 7 nitrogen and oxygen atoms in total. The van der Waals surface area contributed by atoms with Gasteiger partial charge in [0.1, 0.15) is 12.6 Å². The minimum absolute atomic E-state index is 0.216. The molecule has 0 fully saturated rings. The summed E-state index contributed by atoms with van der Waals surface area (Å²) in [6.07, 6.45) is -0.543. The van der Waals surface area contributed by atoms with Gasteiger partial charge in [-0.1, -0.05) is 30.3 Å². The van der Waals surface area contributed by atoms with Crippen LogP contribution in [0.2, 0.25) is 0 Å². The van der Waals surface area contributed by atoms with Crippen LogP contribution >= 0.6 is 0 Å².